The Morgan fingerprint density at radius 2 is 1.96 bits per heavy atom. The maximum Gasteiger partial charge on any atom is 0.214 e. The molecule has 24 heavy (non-hydrogen) atoms. The van der Waals surface area contributed by atoms with Crippen LogP contribution in [0.3, 0.4) is 0 Å². The van der Waals surface area contributed by atoms with Gasteiger partial charge in [0.15, 0.2) is 4.96 Å². The Morgan fingerprint density at radius 1 is 1.29 bits per heavy atom. The number of aromatic nitrogens is 2. The molecule has 0 aliphatic heterocycles. The molecular formula is C16H18FN3O2S2. The van der Waals surface area contributed by atoms with Crippen LogP contribution in [-0.4, -0.2) is 23.1 Å². The van der Waals surface area contributed by atoms with Crippen LogP contribution < -0.4 is 4.72 Å². The maximum atomic E-state index is 13.0. The number of imidazole rings is 1. The lowest BCUT2D eigenvalue weighted by molar-refractivity contribution is 0.572. The predicted molar refractivity (Wildman–Crippen MR) is 94.1 cm³/mol. The summed E-state index contributed by atoms with van der Waals surface area (Å²) in [6.45, 7) is 5.47. The minimum Gasteiger partial charge on any atom is -0.294 e. The van der Waals surface area contributed by atoms with Gasteiger partial charge in [0.25, 0.3) is 0 Å². The molecule has 3 aromatic rings. The van der Waals surface area contributed by atoms with Gasteiger partial charge in [-0.1, -0.05) is 11.3 Å². The molecule has 0 aliphatic carbocycles. The van der Waals surface area contributed by atoms with E-state index < -0.39 is 15.3 Å². The molecule has 0 amide bonds. The lowest BCUT2D eigenvalue weighted by Crippen LogP contribution is -2.30. The second-order valence-corrected chi connectivity index (χ2v) is 9.19. The third kappa shape index (κ3) is 3.22. The highest BCUT2D eigenvalue weighted by Crippen LogP contribution is 2.27. The Morgan fingerprint density at radius 3 is 2.54 bits per heavy atom. The number of benzene rings is 1. The van der Waals surface area contributed by atoms with Crippen molar-refractivity contribution in [3.8, 4) is 11.3 Å². The molecule has 128 valence electrons. The fraction of sp³-hybridized carbons (Fsp3) is 0.312. The number of aryl methyl sites for hydroxylation is 1. The summed E-state index contributed by atoms with van der Waals surface area (Å²) in [4.78, 5) is 6.26. The fourth-order valence-electron chi connectivity index (χ4n) is 2.25. The summed E-state index contributed by atoms with van der Waals surface area (Å²) in [5.41, 5.74) is 2.55. The van der Waals surface area contributed by atoms with Crippen molar-refractivity contribution < 1.29 is 12.8 Å². The van der Waals surface area contributed by atoms with Crippen LogP contribution in [0.1, 0.15) is 24.4 Å². The summed E-state index contributed by atoms with van der Waals surface area (Å²) in [6, 6.07) is 6.19. The van der Waals surface area contributed by atoms with Gasteiger partial charge in [0.05, 0.1) is 10.9 Å². The van der Waals surface area contributed by atoms with Crippen LogP contribution in [0.2, 0.25) is 0 Å². The number of sulfonamides is 1. The quantitative estimate of drug-likeness (QED) is 0.752. The van der Waals surface area contributed by atoms with E-state index in [2.05, 4.69) is 9.71 Å². The van der Waals surface area contributed by atoms with Crippen molar-refractivity contribution in [1.82, 2.24) is 14.1 Å². The van der Waals surface area contributed by atoms with Crippen molar-refractivity contribution in [3.63, 3.8) is 0 Å². The first-order chi connectivity index (χ1) is 11.3. The van der Waals surface area contributed by atoms with E-state index >= 15 is 0 Å². The van der Waals surface area contributed by atoms with Gasteiger partial charge in [0.1, 0.15) is 5.82 Å². The zero-order valence-electron chi connectivity index (χ0n) is 13.6. The molecular weight excluding hydrogens is 349 g/mol. The summed E-state index contributed by atoms with van der Waals surface area (Å²) >= 11 is 1.45. The molecule has 1 aromatic carbocycles. The molecule has 5 nitrogen and oxygen atoms in total. The van der Waals surface area contributed by atoms with E-state index in [1.165, 1.54) is 23.5 Å². The van der Waals surface area contributed by atoms with E-state index in [9.17, 15) is 12.8 Å². The van der Waals surface area contributed by atoms with E-state index in [4.69, 9.17) is 0 Å². The number of thiazole rings is 1. The molecule has 0 saturated carbocycles. The lowest BCUT2D eigenvalue weighted by Gasteiger charge is -2.08. The molecule has 0 saturated heterocycles. The molecule has 2 heterocycles. The number of fused-ring (bicyclic) bond motifs is 1. The van der Waals surface area contributed by atoms with Gasteiger partial charge in [-0.3, -0.25) is 4.40 Å². The average Bonchev–Trinajstić information content (AvgIpc) is 3.06. The van der Waals surface area contributed by atoms with Crippen LogP contribution in [0.4, 0.5) is 4.39 Å². The second kappa shape index (κ2) is 6.27. The zero-order chi connectivity index (χ0) is 17.5. The fourth-order valence-corrected chi connectivity index (χ4v) is 4.06. The third-order valence-electron chi connectivity index (χ3n) is 3.85. The zero-order valence-corrected chi connectivity index (χ0v) is 15.2. The molecule has 0 radical (unpaired) electrons. The van der Waals surface area contributed by atoms with E-state index in [1.54, 1.807) is 26.0 Å². The van der Waals surface area contributed by atoms with Crippen molar-refractivity contribution in [1.29, 1.82) is 0 Å². The number of hydrogen-bond donors (Lipinski definition) is 1. The highest BCUT2D eigenvalue weighted by molar-refractivity contribution is 7.90. The SMILES string of the molecule is Cc1c(CNS(=O)(=O)C(C)C)sc2nc(-c3ccc(F)cc3)cn12. The molecule has 1 N–H and O–H groups in total. The molecule has 8 heteroatoms. The molecule has 0 spiro atoms. The second-order valence-electron chi connectivity index (χ2n) is 5.81. The van der Waals surface area contributed by atoms with Crippen molar-refractivity contribution in [2.45, 2.75) is 32.6 Å². The van der Waals surface area contributed by atoms with E-state index in [1.807, 2.05) is 17.5 Å². The summed E-state index contributed by atoms with van der Waals surface area (Å²) < 4.78 is 41.3. The Labute approximate surface area is 144 Å². The van der Waals surface area contributed by atoms with Gasteiger partial charge in [0, 0.05) is 28.9 Å². The Bertz CT molecular complexity index is 973. The molecule has 2 aromatic heterocycles. The highest BCUT2D eigenvalue weighted by atomic mass is 32.2. The number of nitrogens with zero attached hydrogens (tertiary/aromatic N) is 2. The smallest absolute Gasteiger partial charge is 0.214 e. The minimum atomic E-state index is -3.30. The van der Waals surface area contributed by atoms with Crippen LogP contribution in [-0.2, 0) is 16.6 Å². The molecule has 0 unspecified atom stereocenters. The van der Waals surface area contributed by atoms with Crippen molar-refractivity contribution in [3.05, 3.63) is 46.9 Å². The number of rotatable bonds is 5. The van der Waals surface area contributed by atoms with Crippen molar-refractivity contribution in [2.24, 2.45) is 0 Å². The van der Waals surface area contributed by atoms with Gasteiger partial charge in [-0.15, -0.1) is 0 Å². The Kier molecular flexibility index (Phi) is 4.46. The first kappa shape index (κ1) is 17.1. The Hall–Kier alpha value is -1.77. The van der Waals surface area contributed by atoms with E-state index in [0.717, 1.165) is 26.8 Å². The van der Waals surface area contributed by atoms with Crippen LogP contribution in [0.25, 0.3) is 16.2 Å². The van der Waals surface area contributed by atoms with Crippen LogP contribution in [0.15, 0.2) is 30.5 Å². The summed E-state index contributed by atoms with van der Waals surface area (Å²) in [7, 11) is -3.30. The van der Waals surface area contributed by atoms with E-state index in [0.29, 0.717) is 0 Å². The first-order valence-electron chi connectivity index (χ1n) is 7.49. The van der Waals surface area contributed by atoms with Gasteiger partial charge >= 0.3 is 0 Å². The van der Waals surface area contributed by atoms with Gasteiger partial charge < -0.3 is 0 Å². The van der Waals surface area contributed by atoms with Crippen molar-refractivity contribution in [2.75, 3.05) is 0 Å². The number of nitrogens with one attached hydrogen (secondary N) is 1. The third-order valence-corrected chi connectivity index (χ3v) is 6.79. The minimum absolute atomic E-state index is 0.256. The Balaban J connectivity index is 1.87. The van der Waals surface area contributed by atoms with Crippen LogP contribution in [0.5, 0.6) is 0 Å². The summed E-state index contributed by atoms with van der Waals surface area (Å²) in [5, 5.41) is -0.466. The van der Waals surface area contributed by atoms with Crippen molar-refractivity contribution >= 4 is 26.3 Å². The van der Waals surface area contributed by atoms with Crippen LogP contribution in [0, 0.1) is 12.7 Å². The average molecular weight is 367 g/mol. The summed E-state index contributed by atoms with van der Waals surface area (Å²) in [6.07, 6.45) is 1.88. The largest absolute Gasteiger partial charge is 0.294 e. The molecule has 0 atom stereocenters. The predicted octanol–water partition coefficient (Wildman–Crippen LogP) is 3.34. The first-order valence-corrected chi connectivity index (χ1v) is 9.86. The topological polar surface area (TPSA) is 63.5 Å². The molecule has 0 fully saturated rings. The molecule has 0 aliphatic rings. The lowest BCUT2D eigenvalue weighted by atomic mass is 10.2. The van der Waals surface area contributed by atoms with Gasteiger partial charge in [-0.05, 0) is 45.0 Å². The van der Waals surface area contributed by atoms with Gasteiger partial charge in [-0.2, -0.15) is 0 Å². The standard InChI is InChI=1S/C16H18FN3O2S2/c1-10(2)24(21,22)18-8-15-11(3)20-9-14(19-16(20)23-15)12-4-6-13(17)7-5-12/h4-7,9-10,18H,8H2,1-3H3. The summed E-state index contributed by atoms with van der Waals surface area (Å²) in [5.74, 6) is -0.282. The van der Waals surface area contributed by atoms with Crippen LogP contribution >= 0.6 is 11.3 Å². The maximum absolute atomic E-state index is 13.0. The number of hydrogen-bond acceptors (Lipinski definition) is 4. The monoisotopic (exact) mass is 367 g/mol. The highest BCUT2D eigenvalue weighted by Gasteiger charge is 2.18. The van der Waals surface area contributed by atoms with Gasteiger partial charge in [0.2, 0.25) is 10.0 Å². The normalized spacial score (nSPS) is 12.4. The van der Waals surface area contributed by atoms with E-state index in [-0.39, 0.29) is 12.4 Å². The van der Waals surface area contributed by atoms with Gasteiger partial charge in [-0.25, -0.2) is 22.5 Å². The molecule has 0 bridgehead atoms. The number of halogens is 1. The molecule has 3 rings (SSSR count).